The molecule has 1 aromatic rings. The first kappa shape index (κ1) is 17.0. The van der Waals surface area contributed by atoms with Crippen molar-refractivity contribution < 1.29 is 9.53 Å². The minimum atomic E-state index is -0.458. The number of carbonyl (C=O) groups is 1. The van der Waals surface area contributed by atoms with Crippen LogP contribution in [0, 0.1) is 0 Å². The van der Waals surface area contributed by atoms with E-state index in [-0.39, 0.29) is 12.1 Å². The average molecular weight is 326 g/mol. The molecule has 1 fully saturated rings. The predicted octanol–water partition coefficient (Wildman–Crippen LogP) is 3.85. The van der Waals surface area contributed by atoms with Gasteiger partial charge in [-0.25, -0.2) is 4.79 Å². The highest BCUT2D eigenvalue weighted by molar-refractivity contribution is 6.29. The Hall–Kier alpha value is -1.36. The third-order valence-corrected chi connectivity index (χ3v) is 3.88. The molecule has 0 bridgehead atoms. The van der Waals surface area contributed by atoms with Crippen LogP contribution in [-0.2, 0) is 11.2 Å². The molecular weight excluding hydrogens is 302 g/mol. The van der Waals surface area contributed by atoms with Crippen LogP contribution in [0.2, 0.25) is 5.15 Å². The predicted molar refractivity (Wildman–Crippen MR) is 85.9 cm³/mol. The van der Waals surface area contributed by atoms with Gasteiger partial charge in [0.1, 0.15) is 5.60 Å². The summed E-state index contributed by atoms with van der Waals surface area (Å²) in [5.41, 5.74) is 0.444. The number of rotatable bonds is 3. The zero-order valence-corrected chi connectivity index (χ0v) is 14.3. The summed E-state index contributed by atoms with van der Waals surface area (Å²) in [7, 11) is 0. The monoisotopic (exact) mass is 325 g/mol. The molecular formula is C16H24ClN3O2. The molecule has 1 amide bonds. The van der Waals surface area contributed by atoms with Crippen LogP contribution in [0.25, 0.3) is 0 Å². The Bertz CT molecular complexity index is 499. The summed E-state index contributed by atoms with van der Waals surface area (Å²) in [6.45, 7) is 6.46. The molecule has 6 heteroatoms. The fraction of sp³-hybridized carbons (Fsp3) is 0.688. The van der Waals surface area contributed by atoms with Crippen molar-refractivity contribution in [2.75, 3.05) is 6.54 Å². The Morgan fingerprint density at radius 3 is 2.77 bits per heavy atom. The molecule has 1 aliphatic heterocycles. The topological polar surface area (TPSA) is 55.3 Å². The van der Waals surface area contributed by atoms with Crippen LogP contribution in [0.1, 0.15) is 52.1 Å². The molecule has 122 valence electrons. The number of ether oxygens (including phenoxy) is 1. The molecule has 0 saturated carbocycles. The van der Waals surface area contributed by atoms with Gasteiger partial charge in [-0.2, -0.15) is 5.10 Å². The quantitative estimate of drug-likeness (QED) is 0.847. The summed E-state index contributed by atoms with van der Waals surface area (Å²) in [6, 6.07) is 3.84. The van der Waals surface area contributed by atoms with E-state index >= 15 is 0 Å². The van der Waals surface area contributed by atoms with Gasteiger partial charge in [-0.1, -0.05) is 11.6 Å². The highest BCUT2D eigenvalue weighted by Crippen LogP contribution is 2.23. The molecule has 0 radical (unpaired) electrons. The van der Waals surface area contributed by atoms with E-state index < -0.39 is 5.60 Å². The lowest BCUT2D eigenvalue weighted by Gasteiger charge is -2.36. The summed E-state index contributed by atoms with van der Waals surface area (Å²) >= 11 is 5.74. The van der Waals surface area contributed by atoms with Gasteiger partial charge in [0.05, 0.1) is 5.69 Å². The summed E-state index contributed by atoms with van der Waals surface area (Å²) < 4.78 is 5.52. The maximum absolute atomic E-state index is 12.3. The number of piperidine rings is 1. The van der Waals surface area contributed by atoms with Crippen LogP contribution in [0.3, 0.4) is 0 Å². The number of likely N-dealkylation sites (tertiary alicyclic amines) is 1. The van der Waals surface area contributed by atoms with Gasteiger partial charge < -0.3 is 9.64 Å². The summed E-state index contributed by atoms with van der Waals surface area (Å²) in [6.07, 6.45) is 4.65. The van der Waals surface area contributed by atoms with Crippen molar-refractivity contribution in [1.82, 2.24) is 15.1 Å². The maximum atomic E-state index is 12.3. The average Bonchev–Trinajstić information content (AvgIpc) is 2.45. The molecule has 0 unspecified atom stereocenters. The van der Waals surface area contributed by atoms with Gasteiger partial charge in [0.2, 0.25) is 0 Å². The first-order valence-corrected chi connectivity index (χ1v) is 8.21. The Labute approximate surface area is 137 Å². The molecule has 1 aliphatic rings. The van der Waals surface area contributed by atoms with Crippen molar-refractivity contribution >= 4 is 17.7 Å². The van der Waals surface area contributed by atoms with E-state index in [1.165, 1.54) is 0 Å². The molecule has 5 nitrogen and oxygen atoms in total. The van der Waals surface area contributed by atoms with E-state index in [0.29, 0.717) is 5.15 Å². The van der Waals surface area contributed by atoms with Crippen molar-refractivity contribution in [1.29, 1.82) is 0 Å². The van der Waals surface area contributed by atoms with Gasteiger partial charge >= 0.3 is 6.09 Å². The Balaban J connectivity index is 1.94. The van der Waals surface area contributed by atoms with E-state index in [2.05, 4.69) is 10.2 Å². The Morgan fingerprint density at radius 2 is 2.14 bits per heavy atom. The van der Waals surface area contributed by atoms with E-state index in [9.17, 15) is 4.79 Å². The van der Waals surface area contributed by atoms with Crippen LogP contribution in [-0.4, -0.2) is 39.4 Å². The molecule has 0 aliphatic carbocycles. The van der Waals surface area contributed by atoms with Crippen molar-refractivity contribution in [3.05, 3.63) is 23.0 Å². The van der Waals surface area contributed by atoms with Crippen molar-refractivity contribution in [2.24, 2.45) is 0 Å². The summed E-state index contributed by atoms with van der Waals surface area (Å²) in [5.74, 6) is 0. The van der Waals surface area contributed by atoms with E-state index in [0.717, 1.165) is 44.3 Å². The highest BCUT2D eigenvalue weighted by atomic mass is 35.5. The van der Waals surface area contributed by atoms with Crippen LogP contribution < -0.4 is 0 Å². The number of halogens is 1. The summed E-state index contributed by atoms with van der Waals surface area (Å²) in [5, 5.41) is 8.33. The standard InChI is InChI=1S/C16H24ClN3O2/c1-16(2,3)22-15(21)20-11-5-4-6-13(20)9-7-12-8-10-14(17)19-18-12/h8,10,13H,4-7,9,11H2,1-3H3/t13-/m0/s1. The minimum Gasteiger partial charge on any atom is -0.444 e. The van der Waals surface area contributed by atoms with E-state index in [1.807, 2.05) is 31.7 Å². The van der Waals surface area contributed by atoms with Crippen molar-refractivity contribution in [3.8, 4) is 0 Å². The van der Waals surface area contributed by atoms with Crippen LogP contribution in [0.4, 0.5) is 4.79 Å². The van der Waals surface area contributed by atoms with Gasteiger partial charge in [0, 0.05) is 12.6 Å². The lowest BCUT2D eigenvalue weighted by molar-refractivity contribution is 0.00888. The minimum absolute atomic E-state index is 0.209. The third kappa shape index (κ3) is 5.13. The molecule has 1 saturated heterocycles. The SMILES string of the molecule is CC(C)(C)OC(=O)N1CCCC[C@H]1CCc1ccc(Cl)nn1. The number of amides is 1. The second-order valence-corrected chi connectivity index (χ2v) is 7.10. The zero-order valence-electron chi connectivity index (χ0n) is 13.5. The van der Waals surface area contributed by atoms with E-state index in [4.69, 9.17) is 16.3 Å². The highest BCUT2D eigenvalue weighted by Gasteiger charge is 2.30. The fourth-order valence-electron chi connectivity index (χ4n) is 2.65. The first-order chi connectivity index (χ1) is 10.3. The lowest BCUT2D eigenvalue weighted by atomic mass is 9.97. The second-order valence-electron chi connectivity index (χ2n) is 6.71. The molecule has 0 N–H and O–H groups in total. The smallest absolute Gasteiger partial charge is 0.410 e. The third-order valence-electron chi connectivity index (χ3n) is 3.68. The fourth-order valence-corrected chi connectivity index (χ4v) is 2.75. The lowest BCUT2D eigenvalue weighted by Crippen LogP contribution is -2.46. The molecule has 2 rings (SSSR count). The van der Waals surface area contributed by atoms with Gasteiger partial charge in [-0.3, -0.25) is 0 Å². The van der Waals surface area contributed by atoms with Crippen molar-refractivity contribution in [3.63, 3.8) is 0 Å². The Kier molecular flexibility index (Phi) is 5.62. The molecule has 1 aromatic heterocycles. The first-order valence-electron chi connectivity index (χ1n) is 7.83. The van der Waals surface area contributed by atoms with Crippen LogP contribution in [0.15, 0.2) is 12.1 Å². The van der Waals surface area contributed by atoms with Gasteiger partial charge in [0.25, 0.3) is 0 Å². The van der Waals surface area contributed by atoms with E-state index in [1.54, 1.807) is 6.07 Å². The number of hydrogen-bond acceptors (Lipinski definition) is 4. The van der Waals surface area contributed by atoms with Crippen LogP contribution in [0.5, 0.6) is 0 Å². The number of aromatic nitrogens is 2. The Morgan fingerprint density at radius 1 is 1.36 bits per heavy atom. The molecule has 0 aromatic carbocycles. The number of carbonyl (C=O) groups excluding carboxylic acids is 1. The number of nitrogens with zero attached hydrogens (tertiary/aromatic N) is 3. The number of hydrogen-bond donors (Lipinski definition) is 0. The van der Waals surface area contributed by atoms with Gasteiger partial charge in [0.15, 0.2) is 5.15 Å². The normalized spacial score (nSPS) is 19.1. The summed E-state index contributed by atoms with van der Waals surface area (Å²) in [4.78, 5) is 14.2. The largest absolute Gasteiger partial charge is 0.444 e. The number of aryl methyl sites for hydroxylation is 1. The zero-order chi connectivity index (χ0) is 16.2. The van der Waals surface area contributed by atoms with Gasteiger partial charge in [-0.15, -0.1) is 5.10 Å². The van der Waals surface area contributed by atoms with Crippen molar-refractivity contribution in [2.45, 2.75) is 64.5 Å². The molecule has 2 heterocycles. The molecule has 0 spiro atoms. The van der Waals surface area contributed by atoms with Crippen LogP contribution >= 0.6 is 11.6 Å². The maximum Gasteiger partial charge on any atom is 0.410 e. The van der Waals surface area contributed by atoms with Gasteiger partial charge in [-0.05, 0) is 65.0 Å². The molecule has 1 atom stereocenters. The molecule has 22 heavy (non-hydrogen) atoms. The second kappa shape index (κ2) is 7.27.